The van der Waals surface area contributed by atoms with Gasteiger partial charge in [0.1, 0.15) is 29.3 Å². The van der Waals surface area contributed by atoms with Crippen molar-refractivity contribution < 1.29 is 17.8 Å². The summed E-state index contributed by atoms with van der Waals surface area (Å²) in [6, 6.07) is 4.53. The van der Waals surface area contributed by atoms with E-state index in [9.17, 15) is 17.8 Å². The van der Waals surface area contributed by atoms with Crippen molar-refractivity contribution in [3.05, 3.63) is 30.1 Å². The standard InChI is InChI=1S/C13H13F2NO2S/c14-8-1-3-10(4-2-8)19(18)16-9-5-11(12(15)6-9)13(16)7-17/h1-4,7,9,11-13H,5-6H2. The van der Waals surface area contributed by atoms with Gasteiger partial charge < -0.3 is 4.79 Å². The van der Waals surface area contributed by atoms with Gasteiger partial charge >= 0.3 is 0 Å². The molecule has 0 amide bonds. The number of hydrogen-bond acceptors (Lipinski definition) is 2. The summed E-state index contributed by atoms with van der Waals surface area (Å²) in [7, 11) is -1.54. The fourth-order valence-corrected chi connectivity index (χ4v) is 4.55. The number of rotatable bonds is 3. The number of fused-ring (bicyclic) bond motifs is 2. The van der Waals surface area contributed by atoms with Crippen LogP contribution in [-0.2, 0) is 15.8 Å². The molecular formula is C13H13F2NO2S. The zero-order valence-corrected chi connectivity index (χ0v) is 10.9. The van der Waals surface area contributed by atoms with Gasteiger partial charge in [-0.15, -0.1) is 0 Å². The second-order valence-electron chi connectivity index (χ2n) is 4.99. The topological polar surface area (TPSA) is 37.4 Å². The first-order chi connectivity index (χ1) is 9.11. The highest BCUT2D eigenvalue weighted by atomic mass is 32.2. The first-order valence-electron chi connectivity index (χ1n) is 6.17. The van der Waals surface area contributed by atoms with Crippen molar-refractivity contribution >= 4 is 17.3 Å². The molecule has 1 aliphatic heterocycles. The summed E-state index contributed by atoms with van der Waals surface area (Å²) in [4.78, 5) is 11.6. The van der Waals surface area contributed by atoms with Crippen LogP contribution in [0.4, 0.5) is 8.78 Å². The number of hydrogen-bond donors (Lipinski definition) is 0. The molecule has 1 saturated heterocycles. The molecule has 3 rings (SSSR count). The minimum Gasteiger partial charge on any atom is -0.302 e. The van der Waals surface area contributed by atoms with Gasteiger partial charge in [0, 0.05) is 12.0 Å². The molecule has 2 bridgehead atoms. The summed E-state index contributed by atoms with van der Waals surface area (Å²) in [6.45, 7) is 0. The molecule has 0 N–H and O–H groups in total. The van der Waals surface area contributed by atoms with E-state index in [2.05, 4.69) is 0 Å². The maximum atomic E-state index is 13.6. The summed E-state index contributed by atoms with van der Waals surface area (Å²) in [5, 5.41) is 0. The van der Waals surface area contributed by atoms with E-state index in [0.29, 0.717) is 24.0 Å². The van der Waals surface area contributed by atoms with Crippen LogP contribution in [0.25, 0.3) is 0 Å². The third kappa shape index (κ3) is 2.03. The van der Waals surface area contributed by atoms with E-state index >= 15 is 0 Å². The van der Waals surface area contributed by atoms with Crippen LogP contribution in [-0.4, -0.2) is 33.1 Å². The second kappa shape index (κ2) is 4.76. The smallest absolute Gasteiger partial charge is 0.138 e. The van der Waals surface area contributed by atoms with E-state index in [1.807, 2.05) is 0 Å². The van der Waals surface area contributed by atoms with Gasteiger partial charge in [-0.3, -0.25) is 0 Å². The van der Waals surface area contributed by atoms with Gasteiger partial charge in [-0.25, -0.2) is 17.3 Å². The lowest BCUT2D eigenvalue weighted by atomic mass is 10.00. The minimum absolute atomic E-state index is 0.166. The summed E-state index contributed by atoms with van der Waals surface area (Å²) in [5.74, 6) is -0.758. The van der Waals surface area contributed by atoms with Gasteiger partial charge in [-0.1, -0.05) is 0 Å². The van der Waals surface area contributed by atoms with Crippen molar-refractivity contribution in [1.29, 1.82) is 0 Å². The maximum absolute atomic E-state index is 13.6. The fourth-order valence-electron chi connectivity index (χ4n) is 3.07. The molecule has 1 aromatic carbocycles. The fraction of sp³-hybridized carbons (Fsp3) is 0.462. The van der Waals surface area contributed by atoms with Crippen LogP contribution in [0.2, 0.25) is 0 Å². The largest absolute Gasteiger partial charge is 0.302 e. The van der Waals surface area contributed by atoms with Crippen molar-refractivity contribution in [2.24, 2.45) is 5.92 Å². The average molecular weight is 285 g/mol. The Kier molecular flexibility index (Phi) is 3.22. The average Bonchev–Trinajstić information content (AvgIpc) is 2.94. The molecule has 3 nitrogen and oxygen atoms in total. The van der Waals surface area contributed by atoms with E-state index < -0.39 is 29.0 Å². The molecule has 5 unspecified atom stereocenters. The third-order valence-electron chi connectivity index (χ3n) is 3.94. The van der Waals surface area contributed by atoms with E-state index in [1.54, 1.807) is 4.31 Å². The van der Waals surface area contributed by atoms with Crippen LogP contribution in [0.5, 0.6) is 0 Å². The molecule has 1 saturated carbocycles. The minimum atomic E-state index is -1.54. The Bertz CT molecular complexity index is 522. The highest BCUT2D eigenvalue weighted by Crippen LogP contribution is 2.45. The molecule has 19 heavy (non-hydrogen) atoms. The molecule has 2 aliphatic rings. The Labute approximate surface area is 112 Å². The maximum Gasteiger partial charge on any atom is 0.138 e. The van der Waals surface area contributed by atoms with E-state index in [4.69, 9.17) is 0 Å². The van der Waals surface area contributed by atoms with Gasteiger partial charge in [0.25, 0.3) is 0 Å². The lowest BCUT2D eigenvalue weighted by Gasteiger charge is -2.32. The Morgan fingerprint density at radius 1 is 1.26 bits per heavy atom. The SMILES string of the molecule is O=CC1C2CC(CC2F)N1S(=O)c1ccc(F)cc1. The quantitative estimate of drug-likeness (QED) is 0.795. The third-order valence-corrected chi connectivity index (χ3v) is 5.54. The number of benzene rings is 1. The molecule has 0 aromatic heterocycles. The highest BCUT2D eigenvalue weighted by molar-refractivity contribution is 7.82. The number of carbonyl (C=O) groups excluding carboxylic acids is 1. The summed E-state index contributed by atoms with van der Waals surface area (Å²) in [5.41, 5.74) is 0. The van der Waals surface area contributed by atoms with E-state index in [-0.39, 0.29) is 12.0 Å². The zero-order valence-electron chi connectivity index (χ0n) is 10.0. The number of aldehydes is 1. The zero-order chi connectivity index (χ0) is 13.6. The Balaban J connectivity index is 1.88. The molecular weight excluding hydrogens is 272 g/mol. The normalized spacial score (nSPS) is 35.5. The summed E-state index contributed by atoms with van der Waals surface area (Å²) in [6.07, 6.45) is 0.582. The summed E-state index contributed by atoms with van der Waals surface area (Å²) < 4.78 is 40.5. The van der Waals surface area contributed by atoms with Crippen LogP contribution in [0.15, 0.2) is 29.2 Å². The molecule has 6 heteroatoms. The molecule has 5 atom stereocenters. The predicted molar refractivity (Wildman–Crippen MR) is 65.9 cm³/mol. The van der Waals surface area contributed by atoms with Crippen molar-refractivity contribution in [2.45, 2.75) is 36.0 Å². The second-order valence-corrected chi connectivity index (χ2v) is 6.39. The number of nitrogens with zero attached hydrogens (tertiary/aromatic N) is 1. The van der Waals surface area contributed by atoms with Crippen molar-refractivity contribution in [2.75, 3.05) is 0 Å². The molecule has 1 aliphatic carbocycles. The predicted octanol–water partition coefficient (Wildman–Crippen LogP) is 1.85. The Hall–Kier alpha value is -1.14. The van der Waals surface area contributed by atoms with Gasteiger partial charge in [-0.05, 0) is 37.1 Å². The number of piperidine rings is 1. The van der Waals surface area contributed by atoms with Gasteiger partial charge in [0.15, 0.2) is 0 Å². The molecule has 0 radical (unpaired) electrons. The molecule has 1 aromatic rings. The van der Waals surface area contributed by atoms with Gasteiger partial charge in [0.05, 0.1) is 10.9 Å². The van der Waals surface area contributed by atoms with Crippen LogP contribution < -0.4 is 0 Å². The monoisotopic (exact) mass is 285 g/mol. The van der Waals surface area contributed by atoms with Crippen LogP contribution in [0, 0.1) is 11.7 Å². The first-order valence-corrected chi connectivity index (χ1v) is 7.27. The number of carbonyl (C=O) groups is 1. The Morgan fingerprint density at radius 3 is 2.58 bits per heavy atom. The van der Waals surface area contributed by atoms with Crippen LogP contribution >= 0.6 is 0 Å². The van der Waals surface area contributed by atoms with Crippen molar-refractivity contribution in [3.8, 4) is 0 Å². The van der Waals surface area contributed by atoms with Gasteiger partial charge in [0.2, 0.25) is 0 Å². The molecule has 102 valence electrons. The lowest BCUT2D eigenvalue weighted by Crippen LogP contribution is -2.46. The Morgan fingerprint density at radius 2 is 1.95 bits per heavy atom. The van der Waals surface area contributed by atoms with Crippen LogP contribution in [0.1, 0.15) is 12.8 Å². The van der Waals surface area contributed by atoms with E-state index in [0.717, 1.165) is 0 Å². The number of halogens is 2. The van der Waals surface area contributed by atoms with Crippen LogP contribution in [0.3, 0.4) is 0 Å². The van der Waals surface area contributed by atoms with Gasteiger partial charge in [-0.2, -0.15) is 0 Å². The molecule has 0 spiro atoms. The molecule has 1 heterocycles. The van der Waals surface area contributed by atoms with Crippen molar-refractivity contribution in [1.82, 2.24) is 4.31 Å². The number of alkyl halides is 1. The lowest BCUT2D eigenvalue weighted by molar-refractivity contribution is -0.112. The summed E-state index contributed by atoms with van der Waals surface area (Å²) >= 11 is 0. The van der Waals surface area contributed by atoms with E-state index in [1.165, 1.54) is 24.3 Å². The van der Waals surface area contributed by atoms with Crippen molar-refractivity contribution in [3.63, 3.8) is 0 Å². The first kappa shape index (κ1) is 12.9. The molecule has 2 fully saturated rings. The highest BCUT2D eigenvalue weighted by Gasteiger charge is 2.54.